The highest BCUT2D eigenvalue weighted by Gasteiger charge is 2.41. The van der Waals surface area contributed by atoms with Crippen molar-refractivity contribution in [3.05, 3.63) is 71.8 Å². The summed E-state index contributed by atoms with van der Waals surface area (Å²) in [5, 5.41) is 19.9. The van der Waals surface area contributed by atoms with Crippen LogP contribution in [0, 0.1) is 11.3 Å². The molecule has 4 nitrogen and oxygen atoms in total. The fourth-order valence-corrected chi connectivity index (χ4v) is 2.37. The van der Waals surface area contributed by atoms with Gasteiger partial charge in [-0.2, -0.15) is 5.26 Å². The quantitative estimate of drug-likeness (QED) is 0.920. The van der Waals surface area contributed by atoms with Gasteiger partial charge >= 0.3 is 0 Å². The van der Waals surface area contributed by atoms with Gasteiger partial charge in [0.1, 0.15) is 0 Å². The van der Waals surface area contributed by atoms with Crippen LogP contribution < -0.4 is 0 Å². The molecule has 0 aliphatic heterocycles. The van der Waals surface area contributed by atoms with E-state index in [2.05, 4.69) is 0 Å². The highest BCUT2D eigenvalue weighted by molar-refractivity contribution is 5.90. The smallest absolute Gasteiger partial charge is 0.263 e. The average molecular weight is 294 g/mol. The molecule has 4 heteroatoms. The van der Waals surface area contributed by atoms with Gasteiger partial charge in [-0.15, -0.1) is 0 Å². The molecule has 0 aliphatic carbocycles. The van der Waals surface area contributed by atoms with E-state index in [9.17, 15) is 9.90 Å². The molecule has 0 aromatic heterocycles. The minimum absolute atomic E-state index is 0.224. The molecule has 2 aromatic rings. The third kappa shape index (κ3) is 3.00. The maximum absolute atomic E-state index is 12.8. The molecule has 0 saturated carbocycles. The van der Waals surface area contributed by atoms with Crippen LogP contribution in [0.25, 0.3) is 0 Å². The third-order valence-electron chi connectivity index (χ3n) is 3.60. The first-order valence-corrected chi connectivity index (χ1v) is 7.06. The summed E-state index contributed by atoms with van der Waals surface area (Å²) in [5.74, 6) is -0.444. The van der Waals surface area contributed by atoms with Crippen LogP contribution in [0.1, 0.15) is 17.5 Å². The molecule has 112 valence electrons. The average Bonchev–Trinajstić information content (AvgIpc) is 2.59. The molecule has 0 atom stereocenters. The lowest BCUT2D eigenvalue weighted by Crippen LogP contribution is -2.46. The third-order valence-corrected chi connectivity index (χ3v) is 3.60. The van der Waals surface area contributed by atoms with Gasteiger partial charge in [0, 0.05) is 13.6 Å². The summed E-state index contributed by atoms with van der Waals surface area (Å²) in [6.07, 6.45) is 0.224. The molecular formula is C18H18N2O2. The van der Waals surface area contributed by atoms with E-state index in [-0.39, 0.29) is 13.0 Å². The zero-order chi connectivity index (χ0) is 16.0. The molecule has 2 rings (SSSR count). The van der Waals surface area contributed by atoms with E-state index >= 15 is 0 Å². The van der Waals surface area contributed by atoms with E-state index in [4.69, 9.17) is 5.26 Å². The second kappa shape index (κ2) is 6.88. The van der Waals surface area contributed by atoms with Crippen LogP contribution in [0.4, 0.5) is 0 Å². The number of nitriles is 1. The first kappa shape index (κ1) is 15.7. The minimum atomic E-state index is -1.76. The van der Waals surface area contributed by atoms with Crippen molar-refractivity contribution in [2.45, 2.75) is 12.0 Å². The topological polar surface area (TPSA) is 64.3 Å². The number of carbonyl (C=O) groups is 1. The Morgan fingerprint density at radius 2 is 1.55 bits per heavy atom. The monoisotopic (exact) mass is 294 g/mol. The van der Waals surface area contributed by atoms with E-state index in [1.54, 1.807) is 55.6 Å². The predicted octanol–water partition coefficient (Wildman–Crippen LogP) is 2.29. The second-order valence-electron chi connectivity index (χ2n) is 5.08. The van der Waals surface area contributed by atoms with Gasteiger partial charge in [0.05, 0.1) is 12.5 Å². The van der Waals surface area contributed by atoms with Gasteiger partial charge < -0.3 is 10.0 Å². The summed E-state index contributed by atoms with van der Waals surface area (Å²) in [6, 6.07) is 19.7. The number of hydrogen-bond donors (Lipinski definition) is 1. The Hall–Kier alpha value is -2.64. The van der Waals surface area contributed by atoms with Crippen LogP contribution in [-0.4, -0.2) is 29.5 Å². The van der Waals surface area contributed by atoms with Crippen molar-refractivity contribution in [1.29, 1.82) is 5.26 Å². The van der Waals surface area contributed by atoms with Gasteiger partial charge in [0.2, 0.25) is 0 Å². The van der Waals surface area contributed by atoms with E-state index < -0.39 is 11.5 Å². The number of rotatable bonds is 5. The number of hydrogen-bond acceptors (Lipinski definition) is 3. The van der Waals surface area contributed by atoms with Crippen LogP contribution in [0.15, 0.2) is 60.7 Å². The molecule has 0 unspecified atom stereocenters. The molecule has 0 fully saturated rings. The van der Waals surface area contributed by atoms with E-state index in [0.717, 1.165) is 0 Å². The van der Waals surface area contributed by atoms with Gasteiger partial charge in [0.25, 0.3) is 5.91 Å². The zero-order valence-electron chi connectivity index (χ0n) is 12.4. The molecule has 1 N–H and O–H groups in total. The van der Waals surface area contributed by atoms with Crippen molar-refractivity contribution in [2.75, 3.05) is 13.6 Å². The van der Waals surface area contributed by atoms with Gasteiger partial charge in [-0.3, -0.25) is 4.79 Å². The van der Waals surface area contributed by atoms with Crippen LogP contribution in [0.5, 0.6) is 0 Å². The summed E-state index contributed by atoms with van der Waals surface area (Å²) in [7, 11) is 1.59. The van der Waals surface area contributed by atoms with Crippen molar-refractivity contribution in [3.63, 3.8) is 0 Å². The summed E-state index contributed by atoms with van der Waals surface area (Å²) in [4.78, 5) is 14.2. The number of likely N-dealkylation sites (N-methyl/N-ethyl adjacent to an activating group) is 1. The summed E-state index contributed by atoms with van der Waals surface area (Å²) >= 11 is 0. The van der Waals surface area contributed by atoms with Crippen LogP contribution >= 0.6 is 0 Å². The van der Waals surface area contributed by atoms with Crippen molar-refractivity contribution >= 4 is 5.91 Å². The van der Waals surface area contributed by atoms with Gasteiger partial charge in [0.15, 0.2) is 5.60 Å². The molecular weight excluding hydrogens is 276 g/mol. The number of benzene rings is 2. The summed E-state index contributed by atoms with van der Waals surface area (Å²) < 4.78 is 0. The van der Waals surface area contributed by atoms with Gasteiger partial charge in [-0.25, -0.2) is 0 Å². The molecule has 0 bridgehead atoms. The Bertz CT molecular complexity index is 623. The van der Waals surface area contributed by atoms with Crippen LogP contribution in [0.2, 0.25) is 0 Å². The largest absolute Gasteiger partial charge is 0.372 e. The Morgan fingerprint density at radius 3 is 1.95 bits per heavy atom. The summed E-state index contributed by atoms with van der Waals surface area (Å²) in [5.41, 5.74) is -0.739. The molecule has 22 heavy (non-hydrogen) atoms. The summed E-state index contributed by atoms with van der Waals surface area (Å²) in [6.45, 7) is 0.275. The molecule has 2 aromatic carbocycles. The molecule has 0 heterocycles. The fourth-order valence-electron chi connectivity index (χ4n) is 2.37. The maximum atomic E-state index is 12.8. The Kier molecular flexibility index (Phi) is 4.92. The van der Waals surface area contributed by atoms with Crippen molar-refractivity contribution < 1.29 is 9.90 Å². The highest BCUT2D eigenvalue weighted by Crippen LogP contribution is 2.31. The standard InChI is InChI=1S/C18H18N2O2/c1-20(14-8-13-19)17(21)18(22,15-9-4-2-5-10-15)16-11-6-3-7-12-16/h2-7,9-12,22H,8,14H2,1H3. The Morgan fingerprint density at radius 1 is 1.09 bits per heavy atom. The number of carbonyl (C=O) groups excluding carboxylic acids is 1. The van der Waals surface area contributed by atoms with Gasteiger partial charge in [-0.1, -0.05) is 60.7 Å². The van der Waals surface area contributed by atoms with Crippen LogP contribution in [0.3, 0.4) is 0 Å². The Balaban J connectivity index is 2.48. The molecule has 0 saturated heterocycles. The Labute approximate surface area is 130 Å². The lowest BCUT2D eigenvalue weighted by Gasteiger charge is -2.32. The predicted molar refractivity (Wildman–Crippen MR) is 83.7 cm³/mol. The normalized spacial score (nSPS) is 10.8. The lowest BCUT2D eigenvalue weighted by molar-refractivity contribution is -0.146. The zero-order valence-corrected chi connectivity index (χ0v) is 12.4. The molecule has 1 amide bonds. The first-order chi connectivity index (χ1) is 10.6. The van der Waals surface area contributed by atoms with Gasteiger partial charge in [-0.05, 0) is 11.1 Å². The van der Waals surface area contributed by atoms with E-state index in [1.165, 1.54) is 4.90 Å². The number of aliphatic hydroxyl groups is 1. The maximum Gasteiger partial charge on any atom is 0.263 e. The first-order valence-electron chi connectivity index (χ1n) is 7.06. The second-order valence-corrected chi connectivity index (χ2v) is 5.08. The molecule has 0 spiro atoms. The van der Waals surface area contributed by atoms with Crippen molar-refractivity contribution in [2.24, 2.45) is 0 Å². The van der Waals surface area contributed by atoms with E-state index in [1.807, 2.05) is 18.2 Å². The SMILES string of the molecule is CN(CCC#N)C(=O)C(O)(c1ccccc1)c1ccccc1. The minimum Gasteiger partial charge on any atom is -0.372 e. The number of amides is 1. The van der Waals surface area contributed by atoms with Crippen molar-refractivity contribution in [3.8, 4) is 6.07 Å². The van der Waals surface area contributed by atoms with E-state index in [0.29, 0.717) is 11.1 Å². The molecule has 0 radical (unpaired) electrons. The number of nitrogens with zero attached hydrogens (tertiary/aromatic N) is 2. The molecule has 0 aliphatic rings. The lowest BCUT2D eigenvalue weighted by atomic mass is 9.85. The van der Waals surface area contributed by atoms with Crippen molar-refractivity contribution in [1.82, 2.24) is 4.90 Å². The highest BCUT2D eigenvalue weighted by atomic mass is 16.3. The fraction of sp³-hybridized carbons (Fsp3) is 0.222. The van der Waals surface area contributed by atoms with Crippen LogP contribution in [-0.2, 0) is 10.4 Å².